The zero-order chi connectivity index (χ0) is 16.8. The lowest BCUT2D eigenvalue weighted by Crippen LogP contribution is -3.13. The molecule has 1 atom stereocenters. The van der Waals surface area contributed by atoms with E-state index in [9.17, 15) is 0 Å². The molecule has 132 valence electrons. The van der Waals surface area contributed by atoms with E-state index in [-0.39, 0.29) is 0 Å². The number of hydrogen-bond acceptors (Lipinski definition) is 3. The van der Waals surface area contributed by atoms with Gasteiger partial charge in [-0.25, -0.2) is 0 Å². The van der Waals surface area contributed by atoms with Gasteiger partial charge in [-0.3, -0.25) is 0 Å². The number of rotatable bonds is 5. The Hall–Kier alpha value is -1.37. The number of benzene rings is 1. The molecule has 0 bridgehead atoms. The molecule has 0 radical (unpaired) electrons. The van der Waals surface area contributed by atoms with Crippen molar-refractivity contribution in [2.75, 3.05) is 46.4 Å². The summed E-state index contributed by atoms with van der Waals surface area (Å²) in [6.45, 7) is 7.07. The fraction of sp³-hybridized carbons (Fsp3) is 0.611. The highest BCUT2D eigenvalue weighted by atomic mass is 32.1. The summed E-state index contributed by atoms with van der Waals surface area (Å²) in [5.74, 6) is 0.918. The molecule has 2 aliphatic heterocycles. The largest absolute Gasteiger partial charge is 0.497 e. The van der Waals surface area contributed by atoms with Gasteiger partial charge in [0.25, 0.3) is 0 Å². The lowest BCUT2D eigenvalue weighted by Gasteiger charge is -2.34. The van der Waals surface area contributed by atoms with Gasteiger partial charge in [0.05, 0.1) is 39.4 Å². The number of ether oxygens (including phenoxy) is 2. The number of nitrogens with one attached hydrogen (secondary N) is 2. The molecule has 2 saturated heterocycles. The predicted molar refractivity (Wildman–Crippen MR) is 98.5 cm³/mol. The Morgan fingerprint density at radius 1 is 1.33 bits per heavy atom. The number of hydrogen-bond donors (Lipinski definition) is 2. The normalized spacial score (nSPS) is 21.7. The number of quaternary nitrogens is 1. The van der Waals surface area contributed by atoms with Gasteiger partial charge in [0, 0.05) is 18.7 Å². The van der Waals surface area contributed by atoms with Crippen molar-refractivity contribution in [1.82, 2.24) is 10.2 Å². The second-order valence-corrected chi connectivity index (χ2v) is 6.97. The third-order valence-corrected chi connectivity index (χ3v) is 5.28. The van der Waals surface area contributed by atoms with Crippen molar-refractivity contribution >= 4 is 17.3 Å². The van der Waals surface area contributed by atoms with E-state index < -0.39 is 0 Å². The van der Waals surface area contributed by atoms with E-state index in [0.29, 0.717) is 6.10 Å². The maximum Gasteiger partial charge on any atom is 0.169 e. The van der Waals surface area contributed by atoms with Crippen LogP contribution in [-0.2, 0) is 11.3 Å². The Balaban J connectivity index is 1.38. The molecule has 2 heterocycles. The lowest BCUT2D eigenvalue weighted by molar-refractivity contribution is -0.917. The molecule has 0 amide bonds. The van der Waals surface area contributed by atoms with Crippen LogP contribution in [0.15, 0.2) is 24.3 Å². The van der Waals surface area contributed by atoms with Gasteiger partial charge in [-0.05, 0) is 49.3 Å². The fourth-order valence-corrected chi connectivity index (χ4v) is 3.62. The minimum atomic E-state index is 0.338. The van der Waals surface area contributed by atoms with Crippen LogP contribution in [0.2, 0.25) is 0 Å². The SMILES string of the molecule is COc1ccc(C[NH+]2CCN(C(=S)NC[C@@H]3CCCO3)CC2)cc1. The van der Waals surface area contributed by atoms with Gasteiger partial charge in [0.15, 0.2) is 5.11 Å². The molecule has 6 heteroatoms. The molecular formula is C18H28N3O2S+. The van der Waals surface area contributed by atoms with Crippen LogP contribution in [-0.4, -0.2) is 62.6 Å². The number of nitrogens with zero attached hydrogens (tertiary/aromatic N) is 1. The standard InChI is InChI=1S/C18H27N3O2S/c1-22-16-6-4-15(5-7-16)14-20-8-10-21(11-9-20)18(24)19-13-17-3-2-12-23-17/h4-7,17H,2-3,8-14H2,1H3,(H,19,24)/p+1/t17-/m0/s1. The Morgan fingerprint density at radius 3 is 2.71 bits per heavy atom. The number of piperazine rings is 1. The molecule has 0 aromatic heterocycles. The summed E-state index contributed by atoms with van der Waals surface area (Å²) in [6.07, 6.45) is 2.66. The third-order valence-electron chi connectivity index (χ3n) is 4.88. The van der Waals surface area contributed by atoms with Crippen LogP contribution < -0.4 is 15.0 Å². The molecule has 0 spiro atoms. The Morgan fingerprint density at radius 2 is 2.08 bits per heavy atom. The van der Waals surface area contributed by atoms with Crippen LogP contribution in [0.3, 0.4) is 0 Å². The van der Waals surface area contributed by atoms with E-state index in [1.54, 1.807) is 12.0 Å². The summed E-state index contributed by atoms with van der Waals surface area (Å²) < 4.78 is 10.9. The highest BCUT2D eigenvalue weighted by molar-refractivity contribution is 7.80. The quantitative estimate of drug-likeness (QED) is 0.755. The predicted octanol–water partition coefficient (Wildman–Crippen LogP) is 0.449. The lowest BCUT2D eigenvalue weighted by atomic mass is 10.2. The van der Waals surface area contributed by atoms with Crippen molar-refractivity contribution in [3.63, 3.8) is 0 Å². The first-order chi connectivity index (χ1) is 11.7. The zero-order valence-electron chi connectivity index (χ0n) is 14.4. The van der Waals surface area contributed by atoms with Crippen molar-refractivity contribution in [2.24, 2.45) is 0 Å². The smallest absolute Gasteiger partial charge is 0.169 e. The molecule has 5 nitrogen and oxygen atoms in total. The monoisotopic (exact) mass is 350 g/mol. The molecule has 1 aromatic carbocycles. The molecule has 0 saturated carbocycles. The van der Waals surface area contributed by atoms with E-state index in [1.165, 1.54) is 12.0 Å². The van der Waals surface area contributed by atoms with Gasteiger partial charge >= 0.3 is 0 Å². The van der Waals surface area contributed by atoms with E-state index in [2.05, 4.69) is 22.3 Å². The maximum absolute atomic E-state index is 5.64. The average molecular weight is 351 g/mol. The van der Waals surface area contributed by atoms with Gasteiger partial charge in [-0.1, -0.05) is 0 Å². The molecular weight excluding hydrogens is 322 g/mol. The summed E-state index contributed by atoms with van der Waals surface area (Å²) in [6, 6.07) is 8.39. The van der Waals surface area contributed by atoms with Crippen molar-refractivity contribution in [3.8, 4) is 5.75 Å². The highest BCUT2D eigenvalue weighted by Crippen LogP contribution is 2.11. The molecule has 1 aromatic rings. The molecule has 0 aliphatic carbocycles. The van der Waals surface area contributed by atoms with E-state index in [4.69, 9.17) is 21.7 Å². The first-order valence-corrected chi connectivity index (χ1v) is 9.26. The molecule has 0 unspecified atom stereocenters. The van der Waals surface area contributed by atoms with Gasteiger partial charge in [-0.15, -0.1) is 0 Å². The third kappa shape index (κ3) is 4.82. The van der Waals surface area contributed by atoms with Crippen molar-refractivity contribution < 1.29 is 14.4 Å². The maximum atomic E-state index is 5.64. The number of thiocarbonyl (C=S) groups is 1. The van der Waals surface area contributed by atoms with Gasteiger partial charge in [0.1, 0.15) is 12.3 Å². The first kappa shape index (κ1) is 17.5. The van der Waals surface area contributed by atoms with Crippen molar-refractivity contribution in [3.05, 3.63) is 29.8 Å². The van der Waals surface area contributed by atoms with Gasteiger partial charge < -0.3 is 24.6 Å². The Kier molecular flexibility index (Phi) is 6.29. The summed E-state index contributed by atoms with van der Waals surface area (Å²) in [7, 11) is 1.70. The highest BCUT2D eigenvalue weighted by Gasteiger charge is 2.23. The van der Waals surface area contributed by atoms with E-state index in [0.717, 1.165) is 63.2 Å². The molecule has 2 fully saturated rings. The average Bonchev–Trinajstić information content (AvgIpc) is 3.14. The van der Waals surface area contributed by atoms with E-state index in [1.807, 2.05) is 12.1 Å². The summed E-state index contributed by atoms with van der Waals surface area (Å²) >= 11 is 5.54. The summed E-state index contributed by atoms with van der Waals surface area (Å²) in [5, 5.41) is 4.26. The molecule has 2 N–H and O–H groups in total. The van der Waals surface area contributed by atoms with Crippen LogP contribution in [0.5, 0.6) is 5.75 Å². The zero-order valence-corrected chi connectivity index (χ0v) is 15.2. The minimum absolute atomic E-state index is 0.338. The van der Waals surface area contributed by atoms with Crippen LogP contribution in [0.25, 0.3) is 0 Å². The van der Waals surface area contributed by atoms with Gasteiger partial charge in [-0.2, -0.15) is 0 Å². The Labute approximate surface area is 149 Å². The molecule has 3 rings (SSSR count). The second kappa shape index (κ2) is 8.65. The van der Waals surface area contributed by atoms with Crippen LogP contribution in [0, 0.1) is 0 Å². The van der Waals surface area contributed by atoms with E-state index >= 15 is 0 Å². The Bertz CT molecular complexity index is 524. The van der Waals surface area contributed by atoms with Gasteiger partial charge in [0.2, 0.25) is 0 Å². The minimum Gasteiger partial charge on any atom is -0.497 e. The molecule has 24 heavy (non-hydrogen) atoms. The first-order valence-electron chi connectivity index (χ1n) is 8.85. The summed E-state index contributed by atoms with van der Waals surface area (Å²) in [4.78, 5) is 3.90. The number of methoxy groups -OCH3 is 1. The van der Waals surface area contributed by atoms with Crippen molar-refractivity contribution in [2.45, 2.75) is 25.5 Å². The molecule has 2 aliphatic rings. The fourth-order valence-electron chi connectivity index (χ4n) is 3.35. The van der Waals surface area contributed by atoms with Crippen LogP contribution >= 0.6 is 12.2 Å². The van der Waals surface area contributed by atoms with Crippen LogP contribution in [0.1, 0.15) is 18.4 Å². The van der Waals surface area contributed by atoms with Crippen LogP contribution in [0.4, 0.5) is 0 Å². The second-order valence-electron chi connectivity index (χ2n) is 6.58. The summed E-state index contributed by atoms with van der Waals surface area (Å²) in [5.41, 5.74) is 1.36. The van der Waals surface area contributed by atoms with Crippen molar-refractivity contribution in [1.29, 1.82) is 0 Å². The topological polar surface area (TPSA) is 38.2 Å².